The summed E-state index contributed by atoms with van der Waals surface area (Å²) in [5.74, 6) is -1.32. The summed E-state index contributed by atoms with van der Waals surface area (Å²) in [5, 5.41) is 2.62. The number of hydrogen-bond acceptors (Lipinski definition) is 3. The van der Waals surface area contributed by atoms with E-state index in [2.05, 4.69) is 5.32 Å². The minimum atomic E-state index is -0.542. The molecule has 0 spiro atoms. The maximum atomic E-state index is 13.3. The van der Waals surface area contributed by atoms with Crippen LogP contribution in [0.15, 0.2) is 18.2 Å². The summed E-state index contributed by atoms with van der Waals surface area (Å²) < 4.78 is 13.3. The van der Waals surface area contributed by atoms with Crippen molar-refractivity contribution < 1.29 is 14.0 Å². The number of carbonyl (C=O) groups excluding carboxylic acids is 2. The Bertz CT molecular complexity index is 596. The molecule has 1 aromatic carbocycles. The molecule has 2 heterocycles. The standard InChI is InChI=1S/C15H18FN3O2.ClH/c16-9-3-4-11-12(7-14(20)18-13(11)6-9)15(21)19-5-1-2-10(17)8-19;/h3-4,6,10,12H,1-2,5,7-8,17H2,(H,18,20);1H. The molecule has 7 heteroatoms. The van der Waals surface area contributed by atoms with Crippen molar-refractivity contribution in [1.29, 1.82) is 0 Å². The lowest BCUT2D eigenvalue weighted by Crippen LogP contribution is -2.48. The van der Waals surface area contributed by atoms with Gasteiger partial charge in [0.15, 0.2) is 0 Å². The van der Waals surface area contributed by atoms with Crippen molar-refractivity contribution in [2.24, 2.45) is 5.73 Å². The lowest BCUT2D eigenvalue weighted by atomic mass is 9.88. The molecule has 0 bridgehead atoms. The molecule has 3 rings (SSSR count). The number of anilines is 1. The number of amides is 2. The van der Waals surface area contributed by atoms with Crippen LogP contribution >= 0.6 is 12.4 Å². The van der Waals surface area contributed by atoms with Crippen LogP contribution in [0.25, 0.3) is 0 Å². The van der Waals surface area contributed by atoms with Gasteiger partial charge in [0.25, 0.3) is 0 Å². The van der Waals surface area contributed by atoms with Gasteiger partial charge in [-0.05, 0) is 30.5 Å². The molecule has 120 valence electrons. The third-order valence-corrected chi connectivity index (χ3v) is 4.12. The Morgan fingerprint density at radius 3 is 2.91 bits per heavy atom. The molecule has 5 nitrogen and oxygen atoms in total. The summed E-state index contributed by atoms with van der Waals surface area (Å²) in [6.07, 6.45) is 1.89. The summed E-state index contributed by atoms with van der Waals surface area (Å²) in [6, 6.07) is 4.15. The number of fused-ring (bicyclic) bond motifs is 1. The zero-order chi connectivity index (χ0) is 15.0. The highest BCUT2D eigenvalue weighted by Crippen LogP contribution is 2.34. The maximum Gasteiger partial charge on any atom is 0.230 e. The fraction of sp³-hybridized carbons (Fsp3) is 0.467. The van der Waals surface area contributed by atoms with Crippen molar-refractivity contribution in [1.82, 2.24) is 4.90 Å². The minimum absolute atomic E-state index is 0. The van der Waals surface area contributed by atoms with Crippen LogP contribution in [0.3, 0.4) is 0 Å². The second-order valence-electron chi connectivity index (χ2n) is 5.72. The number of likely N-dealkylation sites (tertiary alicyclic amines) is 1. The van der Waals surface area contributed by atoms with E-state index in [1.54, 1.807) is 11.0 Å². The molecular formula is C15H19ClFN3O2. The average Bonchev–Trinajstić information content (AvgIpc) is 2.45. The van der Waals surface area contributed by atoms with E-state index < -0.39 is 11.7 Å². The molecule has 2 amide bonds. The normalized spacial score (nSPS) is 24.1. The lowest BCUT2D eigenvalue weighted by molar-refractivity contribution is -0.136. The van der Waals surface area contributed by atoms with Gasteiger partial charge in [-0.25, -0.2) is 4.39 Å². The van der Waals surface area contributed by atoms with E-state index in [1.165, 1.54) is 12.1 Å². The van der Waals surface area contributed by atoms with E-state index in [-0.39, 0.29) is 36.7 Å². The van der Waals surface area contributed by atoms with Crippen LogP contribution in [0.4, 0.5) is 10.1 Å². The van der Waals surface area contributed by atoms with Crippen LogP contribution in [0.2, 0.25) is 0 Å². The van der Waals surface area contributed by atoms with E-state index in [1.807, 2.05) is 0 Å². The number of piperidine rings is 1. The summed E-state index contributed by atoms with van der Waals surface area (Å²) in [4.78, 5) is 26.2. The van der Waals surface area contributed by atoms with Gasteiger partial charge in [-0.2, -0.15) is 0 Å². The number of nitrogens with two attached hydrogens (primary N) is 1. The number of carbonyl (C=O) groups is 2. The van der Waals surface area contributed by atoms with Gasteiger partial charge in [0.05, 0.1) is 5.92 Å². The molecule has 2 atom stereocenters. The van der Waals surface area contributed by atoms with Crippen molar-refractivity contribution >= 4 is 29.9 Å². The largest absolute Gasteiger partial charge is 0.341 e. The molecule has 0 radical (unpaired) electrons. The molecule has 0 aromatic heterocycles. The van der Waals surface area contributed by atoms with Crippen LogP contribution < -0.4 is 11.1 Å². The highest BCUT2D eigenvalue weighted by atomic mass is 35.5. The number of halogens is 2. The second-order valence-corrected chi connectivity index (χ2v) is 5.72. The molecule has 1 fully saturated rings. The predicted molar refractivity (Wildman–Crippen MR) is 83.4 cm³/mol. The van der Waals surface area contributed by atoms with Crippen molar-refractivity contribution in [3.05, 3.63) is 29.6 Å². The van der Waals surface area contributed by atoms with E-state index in [0.717, 1.165) is 12.8 Å². The predicted octanol–water partition coefficient (Wildman–Crippen LogP) is 1.62. The molecule has 3 N–H and O–H groups in total. The Kier molecular flexibility index (Phi) is 5.03. The zero-order valence-corrected chi connectivity index (χ0v) is 12.9. The van der Waals surface area contributed by atoms with Crippen LogP contribution in [0, 0.1) is 5.82 Å². The Hall–Kier alpha value is -1.66. The molecular weight excluding hydrogens is 309 g/mol. The number of nitrogens with zero attached hydrogens (tertiary/aromatic N) is 1. The topological polar surface area (TPSA) is 75.4 Å². The minimum Gasteiger partial charge on any atom is -0.341 e. The number of hydrogen-bond donors (Lipinski definition) is 2. The Labute approximate surface area is 134 Å². The highest BCUT2D eigenvalue weighted by molar-refractivity contribution is 6.01. The zero-order valence-electron chi connectivity index (χ0n) is 12.0. The first-order chi connectivity index (χ1) is 10.0. The van der Waals surface area contributed by atoms with Gasteiger partial charge in [-0.3, -0.25) is 9.59 Å². The quantitative estimate of drug-likeness (QED) is 0.823. The molecule has 0 aliphatic carbocycles. The number of nitrogens with one attached hydrogen (secondary N) is 1. The number of benzene rings is 1. The molecule has 2 unspecified atom stereocenters. The van der Waals surface area contributed by atoms with Gasteiger partial charge in [-0.1, -0.05) is 6.07 Å². The van der Waals surface area contributed by atoms with E-state index in [0.29, 0.717) is 24.3 Å². The van der Waals surface area contributed by atoms with Gasteiger partial charge >= 0.3 is 0 Å². The fourth-order valence-corrected chi connectivity index (χ4v) is 3.09. The highest BCUT2D eigenvalue weighted by Gasteiger charge is 2.34. The second kappa shape index (κ2) is 6.62. The first kappa shape index (κ1) is 16.7. The summed E-state index contributed by atoms with van der Waals surface area (Å²) >= 11 is 0. The average molecular weight is 328 g/mol. The van der Waals surface area contributed by atoms with Gasteiger partial charge in [0, 0.05) is 31.2 Å². The van der Waals surface area contributed by atoms with Gasteiger partial charge in [-0.15, -0.1) is 12.4 Å². The summed E-state index contributed by atoms with van der Waals surface area (Å²) in [5.41, 5.74) is 6.99. The van der Waals surface area contributed by atoms with Gasteiger partial charge in [0.1, 0.15) is 5.82 Å². The van der Waals surface area contributed by atoms with Gasteiger partial charge in [0.2, 0.25) is 11.8 Å². The molecule has 0 saturated carbocycles. The van der Waals surface area contributed by atoms with Crippen molar-refractivity contribution in [3.8, 4) is 0 Å². The summed E-state index contributed by atoms with van der Waals surface area (Å²) in [6.45, 7) is 1.19. The number of rotatable bonds is 1. The third-order valence-electron chi connectivity index (χ3n) is 4.12. The van der Waals surface area contributed by atoms with E-state index >= 15 is 0 Å². The molecule has 2 aliphatic heterocycles. The van der Waals surface area contributed by atoms with Crippen LogP contribution in [-0.2, 0) is 9.59 Å². The smallest absolute Gasteiger partial charge is 0.230 e. The Balaban J connectivity index is 0.00000176. The Morgan fingerprint density at radius 2 is 2.18 bits per heavy atom. The van der Waals surface area contributed by atoms with Crippen molar-refractivity contribution in [2.75, 3.05) is 18.4 Å². The monoisotopic (exact) mass is 327 g/mol. The van der Waals surface area contributed by atoms with Crippen LogP contribution in [0.1, 0.15) is 30.7 Å². The van der Waals surface area contributed by atoms with Crippen molar-refractivity contribution in [3.63, 3.8) is 0 Å². The van der Waals surface area contributed by atoms with Crippen molar-refractivity contribution in [2.45, 2.75) is 31.2 Å². The SMILES string of the molecule is Cl.NC1CCCN(C(=O)C2CC(=O)Nc3cc(F)ccc32)C1. The third kappa shape index (κ3) is 3.23. The first-order valence-electron chi connectivity index (χ1n) is 7.18. The molecule has 1 aromatic rings. The van der Waals surface area contributed by atoms with Gasteiger partial charge < -0.3 is 16.0 Å². The first-order valence-corrected chi connectivity index (χ1v) is 7.18. The molecule has 22 heavy (non-hydrogen) atoms. The Morgan fingerprint density at radius 1 is 1.41 bits per heavy atom. The molecule has 2 aliphatic rings. The lowest BCUT2D eigenvalue weighted by Gasteiger charge is -2.35. The summed E-state index contributed by atoms with van der Waals surface area (Å²) in [7, 11) is 0. The van der Waals surface area contributed by atoms with Crippen LogP contribution in [0.5, 0.6) is 0 Å². The molecule has 1 saturated heterocycles. The maximum absolute atomic E-state index is 13.3. The van der Waals surface area contributed by atoms with Crippen LogP contribution in [-0.4, -0.2) is 35.8 Å². The fourth-order valence-electron chi connectivity index (χ4n) is 3.09. The van der Waals surface area contributed by atoms with E-state index in [4.69, 9.17) is 5.73 Å². The van der Waals surface area contributed by atoms with E-state index in [9.17, 15) is 14.0 Å².